The Balaban J connectivity index is 1.40. The minimum atomic E-state index is -0.886. The summed E-state index contributed by atoms with van der Waals surface area (Å²) >= 11 is 0. The van der Waals surface area contributed by atoms with Crippen LogP contribution in [-0.4, -0.2) is 30.0 Å². The molecule has 4 atom stereocenters. The molecule has 280 valence electrons. The molecule has 0 aliphatic rings. The molecule has 9 heteroatoms. The van der Waals surface area contributed by atoms with Crippen LogP contribution in [0.1, 0.15) is 46.2 Å². The van der Waals surface area contributed by atoms with Gasteiger partial charge in [-0.2, -0.15) is 0 Å². The summed E-state index contributed by atoms with van der Waals surface area (Å²) in [6.45, 7) is 0. The van der Waals surface area contributed by atoms with Gasteiger partial charge < -0.3 is 30.1 Å². The first-order chi connectivity index (χ1) is 27.4. The van der Waals surface area contributed by atoms with Crippen LogP contribution in [0, 0.1) is 11.6 Å². The van der Waals surface area contributed by atoms with Crippen LogP contribution in [-0.2, 0) is 4.79 Å². The van der Waals surface area contributed by atoms with Gasteiger partial charge in [0, 0.05) is 34.2 Å². The van der Waals surface area contributed by atoms with Crippen LogP contribution < -0.4 is 20.1 Å². The molecule has 0 amide bonds. The number of hydrogen-bond acceptors (Lipinski definition) is 5. The zero-order chi connectivity index (χ0) is 38.6. The average molecular weight is 747 g/mol. The van der Waals surface area contributed by atoms with E-state index in [2.05, 4.69) is 20.6 Å². The van der Waals surface area contributed by atoms with Crippen molar-refractivity contribution in [1.29, 1.82) is 0 Å². The van der Waals surface area contributed by atoms with Gasteiger partial charge in [-0.25, -0.2) is 8.78 Å². The van der Waals surface area contributed by atoms with Crippen LogP contribution in [0.25, 0.3) is 21.8 Å². The number of carbonyl (C=O) groups is 1. The number of Topliss-reactive ketones (excluding diaryl/α,β-unsaturated/α-hetero) is 1. The van der Waals surface area contributed by atoms with Crippen molar-refractivity contribution in [3.63, 3.8) is 0 Å². The summed E-state index contributed by atoms with van der Waals surface area (Å²) < 4.78 is 40.8. The minimum Gasteiger partial charge on any atom is -0.495 e. The van der Waals surface area contributed by atoms with Gasteiger partial charge in [0.1, 0.15) is 23.1 Å². The summed E-state index contributed by atoms with van der Waals surface area (Å²) in [6, 6.07) is 41.8. The molecule has 0 aliphatic carbocycles. The third-order valence-corrected chi connectivity index (χ3v) is 10.5. The van der Waals surface area contributed by atoms with E-state index in [9.17, 15) is 8.78 Å². The Morgan fingerprint density at radius 1 is 0.518 bits per heavy atom. The molecule has 7 nitrogen and oxygen atoms in total. The third kappa shape index (κ3) is 7.07. The molecule has 56 heavy (non-hydrogen) atoms. The highest BCUT2D eigenvalue weighted by atomic mass is 19.1. The zero-order valence-electron chi connectivity index (χ0n) is 30.8. The van der Waals surface area contributed by atoms with Crippen LogP contribution in [0.4, 0.5) is 20.2 Å². The quantitative estimate of drug-likeness (QED) is 0.0889. The van der Waals surface area contributed by atoms with E-state index in [-0.39, 0.29) is 5.78 Å². The predicted octanol–water partition coefficient (Wildman–Crippen LogP) is 11.1. The van der Waals surface area contributed by atoms with Crippen molar-refractivity contribution in [3.05, 3.63) is 192 Å². The van der Waals surface area contributed by atoms with E-state index in [1.54, 1.807) is 38.5 Å². The van der Waals surface area contributed by atoms with Crippen LogP contribution in [0.3, 0.4) is 0 Å². The van der Waals surface area contributed by atoms with Gasteiger partial charge in [-0.15, -0.1) is 0 Å². The number of rotatable bonds is 14. The maximum Gasteiger partial charge on any atom is 0.152 e. The molecule has 4 unspecified atom stereocenters. The van der Waals surface area contributed by atoms with Gasteiger partial charge in [0.25, 0.3) is 0 Å². The Bertz CT molecular complexity index is 2420. The van der Waals surface area contributed by atoms with E-state index in [1.165, 1.54) is 24.3 Å². The van der Waals surface area contributed by atoms with E-state index in [1.807, 2.05) is 109 Å². The third-order valence-electron chi connectivity index (χ3n) is 10.5. The molecule has 0 saturated heterocycles. The molecule has 8 aromatic rings. The van der Waals surface area contributed by atoms with Gasteiger partial charge >= 0.3 is 0 Å². The number of benzene rings is 6. The molecule has 4 N–H and O–H groups in total. The lowest BCUT2D eigenvalue weighted by Gasteiger charge is -2.35. The van der Waals surface area contributed by atoms with Gasteiger partial charge in [0.2, 0.25) is 0 Å². The molecular formula is C47H40F2N4O3. The number of ether oxygens (including phenoxy) is 2. The molecule has 2 heterocycles. The van der Waals surface area contributed by atoms with E-state index in [0.29, 0.717) is 34.0 Å². The van der Waals surface area contributed by atoms with Gasteiger partial charge in [0.05, 0.1) is 49.5 Å². The molecule has 2 aromatic heterocycles. The van der Waals surface area contributed by atoms with Crippen molar-refractivity contribution in [2.75, 3.05) is 24.9 Å². The van der Waals surface area contributed by atoms with E-state index in [0.717, 1.165) is 32.9 Å². The SMILES string of the molecule is COc1ccccc1NC(c1ccc(F)cc1)C(C(=O)C(c1c[nH]c2ccccc12)C(Nc1ccccc1OC)c1ccc(F)cc1)c1c[nH]c2ccccc12. The maximum absolute atomic E-state index is 16.5. The second kappa shape index (κ2) is 15.8. The lowest BCUT2D eigenvalue weighted by Crippen LogP contribution is -2.34. The van der Waals surface area contributed by atoms with Crippen LogP contribution >= 0.6 is 0 Å². The second-order valence-corrected chi connectivity index (χ2v) is 13.7. The second-order valence-electron chi connectivity index (χ2n) is 13.7. The number of aromatic amines is 2. The molecule has 6 aromatic carbocycles. The first-order valence-electron chi connectivity index (χ1n) is 18.4. The lowest BCUT2D eigenvalue weighted by molar-refractivity contribution is -0.122. The molecule has 0 radical (unpaired) electrons. The monoisotopic (exact) mass is 746 g/mol. The average Bonchev–Trinajstić information content (AvgIpc) is 3.86. The Labute approximate surface area is 323 Å². The topological polar surface area (TPSA) is 91.2 Å². The molecular weight excluding hydrogens is 707 g/mol. The number of halogens is 2. The number of aromatic nitrogens is 2. The van der Waals surface area contributed by atoms with Crippen molar-refractivity contribution in [2.24, 2.45) is 0 Å². The molecule has 0 fully saturated rings. The Morgan fingerprint density at radius 2 is 0.893 bits per heavy atom. The Kier molecular flexibility index (Phi) is 10.2. The van der Waals surface area contributed by atoms with Crippen molar-refractivity contribution >= 4 is 39.0 Å². The van der Waals surface area contributed by atoms with Crippen molar-refractivity contribution < 1.29 is 23.0 Å². The summed E-state index contributed by atoms with van der Waals surface area (Å²) in [5, 5.41) is 9.10. The number of hydrogen-bond donors (Lipinski definition) is 4. The van der Waals surface area contributed by atoms with Gasteiger partial charge in [0.15, 0.2) is 5.78 Å². The first-order valence-corrected chi connectivity index (χ1v) is 18.4. The Hall–Kier alpha value is -6.87. The largest absolute Gasteiger partial charge is 0.495 e. The standard InChI is InChI=1S/C47H40F2N4O3/c1-55-41-17-9-7-15-39(41)52-45(29-19-23-31(48)24-20-29)43(35-27-50-37-13-5-3-11-33(35)37)47(54)44(36-28-51-38-14-6-4-12-34(36)38)46(30-21-25-32(49)26-22-30)53-40-16-8-10-18-42(40)56-2/h3-28,43-46,50-53H,1-2H3. The van der Waals surface area contributed by atoms with Crippen LogP contribution in [0.2, 0.25) is 0 Å². The van der Waals surface area contributed by atoms with E-state index in [4.69, 9.17) is 9.47 Å². The number of ketones is 1. The van der Waals surface area contributed by atoms with Crippen LogP contribution in [0.15, 0.2) is 158 Å². The molecule has 0 spiro atoms. The first kappa shape index (κ1) is 36.1. The molecule has 0 bridgehead atoms. The van der Waals surface area contributed by atoms with Crippen molar-refractivity contribution in [3.8, 4) is 11.5 Å². The summed E-state index contributed by atoms with van der Waals surface area (Å²) in [4.78, 5) is 23.3. The fraction of sp³-hybridized carbons (Fsp3) is 0.128. The van der Waals surface area contributed by atoms with Crippen LogP contribution in [0.5, 0.6) is 11.5 Å². The summed E-state index contributed by atoms with van der Waals surface area (Å²) in [7, 11) is 3.19. The predicted molar refractivity (Wildman–Crippen MR) is 219 cm³/mol. The summed E-state index contributed by atoms with van der Waals surface area (Å²) in [5.74, 6) is -1.54. The lowest BCUT2D eigenvalue weighted by atomic mass is 9.73. The number of H-pyrrole nitrogens is 2. The minimum absolute atomic E-state index is 0.145. The maximum atomic E-state index is 16.5. The summed E-state index contributed by atoms with van der Waals surface area (Å²) in [5.41, 5.74) is 5.93. The van der Waals surface area contributed by atoms with Crippen molar-refractivity contribution in [1.82, 2.24) is 9.97 Å². The van der Waals surface area contributed by atoms with Crippen molar-refractivity contribution in [2.45, 2.75) is 23.9 Å². The highest BCUT2D eigenvalue weighted by molar-refractivity contribution is 6.01. The Morgan fingerprint density at radius 3 is 1.30 bits per heavy atom. The number of fused-ring (bicyclic) bond motifs is 2. The van der Waals surface area contributed by atoms with Gasteiger partial charge in [-0.05, 0) is 82.9 Å². The highest BCUT2D eigenvalue weighted by Crippen LogP contribution is 2.48. The number of methoxy groups -OCH3 is 2. The number of anilines is 2. The fourth-order valence-electron chi connectivity index (χ4n) is 7.81. The summed E-state index contributed by atoms with van der Waals surface area (Å²) in [6.07, 6.45) is 3.78. The molecule has 8 rings (SSSR count). The number of nitrogens with one attached hydrogen (secondary N) is 4. The number of para-hydroxylation sites is 6. The van der Waals surface area contributed by atoms with Gasteiger partial charge in [-0.1, -0.05) is 84.9 Å². The zero-order valence-corrected chi connectivity index (χ0v) is 30.8. The molecule has 0 aliphatic heterocycles. The van der Waals surface area contributed by atoms with Gasteiger partial charge in [-0.3, -0.25) is 4.79 Å². The van der Waals surface area contributed by atoms with E-state index < -0.39 is 35.6 Å². The smallest absolute Gasteiger partial charge is 0.152 e. The van der Waals surface area contributed by atoms with E-state index >= 15 is 4.79 Å². The number of carbonyl (C=O) groups excluding carboxylic acids is 1. The molecule has 0 saturated carbocycles. The fourth-order valence-corrected chi connectivity index (χ4v) is 7.81. The highest BCUT2D eigenvalue weighted by Gasteiger charge is 2.42. The normalized spacial score (nSPS) is 13.5.